The molecule has 0 atom stereocenters. The van der Waals surface area contributed by atoms with E-state index in [0.29, 0.717) is 11.6 Å². The van der Waals surface area contributed by atoms with Crippen LogP contribution in [-0.4, -0.2) is 0 Å². The Morgan fingerprint density at radius 1 is 1.09 bits per heavy atom. The van der Waals surface area contributed by atoms with Crippen molar-refractivity contribution >= 4 is 28.9 Å². The van der Waals surface area contributed by atoms with Crippen molar-refractivity contribution < 1.29 is 0 Å². The molecular formula is C20H20ClN. The van der Waals surface area contributed by atoms with Crippen LogP contribution >= 0.6 is 11.6 Å². The fourth-order valence-electron chi connectivity index (χ4n) is 2.21. The van der Waals surface area contributed by atoms with Gasteiger partial charge in [-0.2, -0.15) is 0 Å². The smallest absolute Gasteiger partial charge is 0.0412 e. The molecule has 0 spiro atoms. The molecule has 0 fully saturated rings. The van der Waals surface area contributed by atoms with E-state index in [1.807, 2.05) is 43.3 Å². The van der Waals surface area contributed by atoms with Gasteiger partial charge >= 0.3 is 0 Å². The second-order valence-corrected chi connectivity index (χ2v) is 5.68. The summed E-state index contributed by atoms with van der Waals surface area (Å²) in [6.07, 6.45) is 1.84. The lowest BCUT2D eigenvalue weighted by Crippen LogP contribution is -2.12. The Kier molecular flexibility index (Phi) is 5.24. The highest BCUT2D eigenvalue weighted by molar-refractivity contribution is 6.30. The molecule has 22 heavy (non-hydrogen) atoms. The largest absolute Gasteiger partial charge is 0.381 e. The number of allylic oxidation sites excluding steroid dienone is 1. The molecule has 2 aromatic rings. The molecule has 2 rings (SSSR count). The Bertz CT molecular complexity index is 711. The molecule has 0 unspecified atom stereocenters. The average Bonchev–Trinajstić information content (AvgIpc) is 2.53. The second kappa shape index (κ2) is 7.15. The summed E-state index contributed by atoms with van der Waals surface area (Å²) in [7, 11) is 0. The van der Waals surface area contributed by atoms with Gasteiger partial charge in [0.2, 0.25) is 0 Å². The van der Waals surface area contributed by atoms with Crippen LogP contribution in [0.2, 0.25) is 5.02 Å². The summed E-state index contributed by atoms with van der Waals surface area (Å²) in [5.74, 6) is 0. The van der Waals surface area contributed by atoms with E-state index in [1.165, 1.54) is 5.56 Å². The van der Waals surface area contributed by atoms with Gasteiger partial charge in [0.05, 0.1) is 0 Å². The minimum Gasteiger partial charge on any atom is -0.381 e. The lowest BCUT2D eigenvalue weighted by Gasteiger charge is -2.15. The highest BCUT2D eigenvalue weighted by Crippen LogP contribution is 2.26. The monoisotopic (exact) mass is 309 g/mol. The Hall–Kier alpha value is -2.25. The third-order valence-electron chi connectivity index (χ3n) is 3.49. The molecular weight excluding hydrogens is 290 g/mol. The van der Waals surface area contributed by atoms with E-state index >= 15 is 0 Å². The van der Waals surface area contributed by atoms with Crippen molar-refractivity contribution in [2.75, 3.05) is 0 Å². The van der Waals surface area contributed by atoms with Gasteiger partial charge in [0.1, 0.15) is 0 Å². The minimum absolute atomic E-state index is 0.703. The lowest BCUT2D eigenvalue weighted by molar-refractivity contribution is 0.891. The normalized spacial score (nSPS) is 10.1. The van der Waals surface area contributed by atoms with Crippen LogP contribution in [0.5, 0.6) is 0 Å². The van der Waals surface area contributed by atoms with Gasteiger partial charge in [-0.3, -0.25) is 0 Å². The van der Waals surface area contributed by atoms with Gasteiger partial charge in [0.15, 0.2) is 0 Å². The molecule has 1 nitrogen and oxygen atoms in total. The van der Waals surface area contributed by atoms with Crippen LogP contribution in [0.15, 0.2) is 62.2 Å². The zero-order chi connectivity index (χ0) is 16.1. The number of benzene rings is 2. The van der Waals surface area contributed by atoms with E-state index in [0.717, 1.165) is 28.0 Å². The standard InChI is InChI=1S/C20H20ClN/c1-5-16-6-8-17(9-7-16)13-22-15(4)19-11-10-18(21)12-20(19)14(2)3/h5-12,22H,1-2,4,13H2,3H3. The molecule has 0 bridgehead atoms. The Balaban J connectivity index is 2.12. The number of hydrogen-bond acceptors (Lipinski definition) is 1. The molecule has 0 aromatic heterocycles. The molecule has 0 saturated heterocycles. The van der Waals surface area contributed by atoms with Crippen LogP contribution in [0, 0.1) is 0 Å². The molecule has 112 valence electrons. The van der Waals surface area contributed by atoms with E-state index in [4.69, 9.17) is 11.6 Å². The van der Waals surface area contributed by atoms with Crippen molar-refractivity contribution in [2.24, 2.45) is 0 Å². The maximum absolute atomic E-state index is 6.07. The molecule has 2 aromatic carbocycles. The fraction of sp³-hybridized carbons (Fsp3) is 0.100. The van der Waals surface area contributed by atoms with Crippen LogP contribution in [0.25, 0.3) is 17.3 Å². The maximum atomic E-state index is 6.07. The van der Waals surface area contributed by atoms with Gasteiger partial charge in [0.25, 0.3) is 0 Å². The van der Waals surface area contributed by atoms with Crippen LogP contribution in [0.4, 0.5) is 0 Å². The maximum Gasteiger partial charge on any atom is 0.0412 e. The third-order valence-corrected chi connectivity index (χ3v) is 3.72. The van der Waals surface area contributed by atoms with Crippen molar-refractivity contribution in [1.82, 2.24) is 5.32 Å². The van der Waals surface area contributed by atoms with Gasteiger partial charge in [-0.15, -0.1) is 0 Å². The number of halogens is 1. The molecule has 0 aliphatic rings. The number of nitrogens with one attached hydrogen (secondary N) is 1. The van der Waals surface area contributed by atoms with Crippen molar-refractivity contribution in [2.45, 2.75) is 13.5 Å². The van der Waals surface area contributed by atoms with Crippen LogP contribution in [0.3, 0.4) is 0 Å². The van der Waals surface area contributed by atoms with Crippen molar-refractivity contribution in [3.05, 3.63) is 89.5 Å². The number of hydrogen-bond donors (Lipinski definition) is 1. The van der Waals surface area contributed by atoms with E-state index < -0.39 is 0 Å². The summed E-state index contributed by atoms with van der Waals surface area (Å²) in [4.78, 5) is 0. The van der Waals surface area contributed by atoms with E-state index in [9.17, 15) is 0 Å². The lowest BCUT2D eigenvalue weighted by atomic mass is 10.00. The van der Waals surface area contributed by atoms with Crippen LogP contribution in [0.1, 0.15) is 29.2 Å². The molecule has 2 heteroatoms. The molecule has 1 N–H and O–H groups in total. The Morgan fingerprint density at radius 3 is 2.36 bits per heavy atom. The van der Waals surface area contributed by atoms with E-state index in [1.54, 1.807) is 0 Å². The summed E-state index contributed by atoms with van der Waals surface area (Å²) in [5.41, 5.74) is 6.19. The molecule has 0 heterocycles. The highest BCUT2D eigenvalue weighted by Gasteiger charge is 2.07. The molecule has 0 radical (unpaired) electrons. The van der Waals surface area contributed by atoms with Gasteiger partial charge in [0, 0.05) is 22.8 Å². The Morgan fingerprint density at radius 2 is 1.77 bits per heavy atom. The summed E-state index contributed by atoms with van der Waals surface area (Å²) in [6, 6.07) is 14.0. The third kappa shape index (κ3) is 3.90. The van der Waals surface area contributed by atoms with Gasteiger partial charge in [-0.1, -0.05) is 73.3 Å². The predicted molar refractivity (Wildman–Crippen MR) is 98.6 cm³/mol. The predicted octanol–water partition coefficient (Wildman–Crippen LogP) is 5.78. The van der Waals surface area contributed by atoms with E-state index in [2.05, 4.69) is 37.2 Å². The first kappa shape index (κ1) is 16.1. The number of rotatable bonds is 6. The first-order valence-corrected chi connectivity index (χ1v) is 7.49. The fourth-order valence-corrected chi connectivity index (χ4v) is 2.38. The minimum atomic E-state index is 0.703. The van der Waals surface area contributed by atoms with Gasteiger partial charge in [-0.05, 0) is 35.7 Å². The van der Waals surface area contributed by atoms with Crippen molar-refractivity contribution in [3.63, 3.8) is 0 Å². The second-order valence-electron chi connectivity index (χ2n) is 5.25. The Labute approximate surface area is 137 Å². The first-order valence-electron chi connectivity index (χ1n) is 7.11. The zero-order valence-electron chi connectivity index (χ0n) is 12.8. The van der Waals surface area contributed by atoms with Gasteiger partial charge in [-0.25, -0.2) is 0 Å². The van der Waals surface area contributed by atoms with Crippen LogP contribution < -0.4 is 5.32 Å². The van der Waals surface area contributed by atoms with Crippen molar-refractivity contribution in [3.8, 4) is 0 Å². The van der Waals surface area contributed by atoms with E-state index in [-0.39, 0.29) is 0 Å². The molecule has 0 aliphatic heterocycles. The van der Waals surface area contributed by atoms with Gasteiger partial charge < -0.3 is 5.32 Å². The summed E-state index contributed by atoms with van der Waals surface area (Å²) in [6.45, 7) is 14.6. The first-order chi connectivity index (χ1) is 10.5. The summed E-state index contributed by atoms with van der Waals surface area (Å²) in [5, 5.41) is 4.07. The summed E-state index contributed by atoms with van der Waals surface area (Å²) >= 11 is 6.07. The molecule has 0 saturated carbocycles. The molecule has 0 aliphatic carbocycles. The highest BCUT2D eigenvalue weighted by atomic mass is 35.5. The molecule has 0 amide bonds. The quantitative estimate of drug-likeness (QED) is 0.713. The van der Waals surface area contributed by atoms with Crippen molar-refractivity contribution in [1.29, 1.82) is 0 Å². The summed E-state index contributed by atoms with van der Waals surface area (Å²) < 4.78 is 0. The SMILES string of the molecule is C=Cc1ccc(CNC(=C)c2ccc(Cl)cc2C(=C)C)cc1. The average molecular weight is 310 g/mol. The van der Waals surface area contributed by atoms with Crippen LogP contribution in [-0.2, 0) is 6.54 Å². The zero-order valence-corrected chi connectivity index (χ0v) is 13.6. The topological polar surface area (TPSA) is 12.0 Å².